The fourth-order valence-corrected chi connectivity index (χ4v) is 3.75. The van der Waals surface area contributed by atoms with Crippen LogP contribution in [0.15, 0.2) is 35.6 Å². The summed E-state index contributed by atoms with van der Waals surface area (Å²) in [6, 6.07) is 8.22. The summed E-state index contributed by atoms with van der Waals surface area (Å²) in [5, 5.41) is 20.7. The van der Waals surface area contributed by atoms with Crippen LogP contribution in [0, 0.1) is 0 Å². The molecule has 0 radical (unpaired) electrons. The summed E-state index contributed by atoms with van der Waals surface area (Å²) in [6.07, 6.45) is 5.17. The molecule has 3 N–H and O–H groups in total. The number of nitrogens with zero attached hydrogens (tertiary/aromatic N) is 1. The Balaban J connectivity index is 0.00000280. The third-order valence-corrected chi connectivity index (χ3v) is 5.22. The van der Waals surface area contributed by atoms with Crippen molar-refractivity contribution in [2.45, 2.75) is 44.6 Å². The van der Waals surface area contributed by atoms with E-state index in [0.717, 1.165) is 5.56 Å². The molecule has 1 aliphatic carbocycles. The van der Waals surface area contributed by atoms with Crippen molar-refractivity contribution in [1.82, 2.24) is 10.2 Å². The van der Waals surface area contributed by atoms with Crippen LogP contribution in [0.1, 0.15) is 49.1 Å². The molecule has 1 saturated carbocycles. The Morgan fingerprint density at radius 2 is 1.79 bits per heavy atom. The zero-order valence-corrected chi connectivity index (χ0v) is 15.1. The maximum atomic E-state index is 12.6. The number of hydrogen-bond donors (Lipinski definition) is 3. The minimum absolute atomic E-state index is 0. The van der Waals surface area contributed by atoms with Crippen molar-refractivity contribution in [3.05, 3.63) is 46.7 Å². The van der Waals surface area contributed by atoms with Gasteiger partial charge in [0.05, 0.1) is 0 Å². The average molecular weight is 396 g/mol. The fourth-order valence-electron chi connectivity index (χ4n) is 3.75. The van der Waals surface area contributed by atoms with E-state index in [0.29, 0.717) is 19.0 Å². The van der Waals surface area contributed by atoms with Gasteiger partial charge in [-0.25, -0.2) is 0 Å². The molecule has 146 valence electrons. The number of nitrogens with one attached hydrogen (secondary N) is 1. The van der Waals surface area contributed by atoms with Crippen LogP contribution in [-0.2, 0) is 20.9 Å². The number of amides is 2. The molecule has 0 atom stereocenters. The summed E-state index contributed by atoms with van der Waals surface area (Å²) < 4.78 is 0. The zero-order chi connectivity index (χ0) is 19.4. The van der Waals surface area contributed by atoms with Gasteiger partial charge in [0.1, 0.15) is 17.9 Å². The van der Waals surface area contributed by atoms with Crippen LogP contribution in [0.3, 0.4) is 0 Å². The minimum atomic E-state index is -1.22. The van der Waals surface area contributed by atoms with Crippen molar-refractivity contribution >= 4 is 47.3 Å². The van der Waals surface area contributed by atoms with E-state index in [2.05, 4.69) is 17.4 Å². The summed E-state index contributed by atoms with van der Waals surface area (Å²) in [7, 11) is 0. The van der Waals surface area contributed by atoms with Gasteiger partial charge >= 0.3 is 35.5 Å². The number of aliphatic hydroxyl groups excluding tert-OH is 1. The topological polar surface area (TPSA) is 107 Å². The molecule has 2 amide bonds. The van der Waals surface area contributed by atoms with Crippen LogP contribution >= 0.6 is 0 Å². The first-order valence-electron chi connectivity index (χ1n) is 9.26. The number of aliphatic carboxylic acids is 1. The first-order chi connectivity index (χ1) is 13.0. The Hall–Kier alpha value is -1.83. The fraction of sp³-hybridized carbons (Fsp3) is 0.450. The maximum absolute atomic E-state index is 12.6. The molecule has 8 heteroatoms. The second-order valence-corrected chi connectivity index (χ2v) is 7.10. The molecule has 0 saturated heterocycles. The summed E-state index contributed by atoms with van der Waals surface area (Å²) >= 11 is 0. The molecule has 0 spiro atoms. The van der Waals surface area contributed by atoms with Gasteiger partial charge in [-0.2, -0.15) is 0 Å². The van der Waals surface area contributed by atoms with Crippen molar-refractivity contribution in [2.24, 2.45) is 0 Å². The summed E-state index contributed by atoms with van der Waals surface area (Å²) in [6.45, 7) is 0.0447. The van der Waals surface area contributed by atoms with Crippen LogP contribution in [0.25, 0.3) is 0 Å². The normalized spacial score (nSPS) is 17.4. The molecule has 2 aliphatic rings. The Labute approximate surface area is 186 Å². The van der Waals surface area contributed by atoms with E-state index in [-0.39, 0.29) is 47.3 Å². The van der Waals surface area contributed by atoms with Crippen LogP contribution in [0.4, 0.5) is 0 Å². The SMILES string of the molecule is O=C(O)CNC(=O)C1=C(O)CCN(Cc2ccc(C3CCCC3)cc2)C1=O.[NaH]. The van der Waals surface area contributed by atoms with E-state index in [4.69, 9.17) is 5.11 Å². The second kappa shape index (κ2) is 10.1. The van der Waals surface area contributed by atoms with Crippen LogP contribution < -0.4 is 5.32 Å². The third-order valence-electron chi connectivity index (χ3n) is 5.22. The first-order valence-corrected chi connectivity index (χ1v) is 9.26. The zero-order valence-electron chi connectivity index (χ0n) is 15.1. The van der Waals surface area contributed by atoms with Crippen molar-refractivity contribution in [2.75, 3.05) is 13.1 Å². The summed E-state index contributed by atoms with van der Waals surface area (Å²) in [4.78, 5) is 36.8. The van der Waals surface area contributed by atoms with Crippen molar-refractivity contribution in [1.29, 1.82) is 0 Å². The Morgan fingerprint density at radius 1 is 1.14 bits per heavy atom. The van der Waals surface area contributed by atoms with Gasteiger partial charge in [0.25, 0.3) is 11.8 Å². The Bertz CT molecular complexity index is 769. The van der Waals surface area contributed by atoms with Crippen LogP contribution in [-0.4, -0.2) is 75.5 Å². The van der Waals surface area contributed by atoms with E-state index in [1.807, 2.05) is 12.1 Å². The molecule has 1 heterocycles. The summed E-state index contributed by atoms with van der Waals surface area (Å²) in [5.41, 5.74) is 1.91. The average Bonchev–Trinajstić information content (AvgIpc) is 3.18. The third kappa shape index (κ3) is 5.37. The van der Waals surface area contributed by atoms with E-state index < -0.39 is 24.3 Å². The number of rotatable bonds is 6. The summed E-state index contributed by atoms with van der Waals surface area (Å²) in [5.74, 6) is -2.33. The molecule has 1 aliphatic heterocycles. The number of benzene rings is 1. The molecular formula is C20H25N2NaO5. The predicted octanol–water partition coefficient (Wildman–Crippen LogP) is 1.44. The molecular weight excluding hydrogens is 371 g/mol. The van der Waals surface area contributed by atoms with E-state index >= 15 is 0 Å². The van der Waals surface area contributed by atoms with Crippen molar-refractivity contribution < 1.29 is 24.6 Å². The molecule has 1 aromatic carbocycles. The van der Waals surface area contributed by atoms with Crippen LogP contribution in [0.2, 0.25) is 0 Å². The molecule has 28 heavy (non-hydrogen) atoms. The standard InChI is InChI=1S/C20H24N2O5.Na.H/c23-16-9-10-22(20(27)18(16)19(26)21-11-17(24)25)12-13-5-7-15(8-6-13)14-3-1-2-4-14;;/h5-8,14,23H,1-4,9-12H2,(H,21,26)(H,24,25);;. The number of carbonyl (C=O) groups is 3. The molecule has 0 aromatic heterocycles. The van der Waals surface area contributed by atoms with Gasteiger partial charge in [-0.15, -0.1) is 0 Å². The predicted molar refractivity (Wildman–Crippen MR) is 105 cm³/mol. The molecule has 0 bridgehead atoms. The van der Waals surface area contributed by atoms with Crippen molar-refractivity contribution in [3.63, 3.8) is 0 Å². The first kappa shape index (κ1) is 22.5. The Kier molecular flexibility index (Phi) is 8.10. The second-order valence-electron chi connectivity index (χ2n) is 7.10. The Morgan fingerprint density at radius 3 is 2.39 bits per heavy atom. The molecule has 0 unspecified atom stereocenters. The molecule has 1 fully saturated rings. The van der Waals surface area contributed by atoms with E-state index in [9.17, 15) is 19.5 Å². The molecule has 7 nitrogen and oxygen atoms in total. The van der Waals surface area contributed by atoms with Gasteiger partial charge in [0.2, 0.25) is 0 Å². The number of carboxylic acids is 1. The van der Waals surface area contributed by atoms with Gasteiger partial charge in [-0.05, 0) is 29.9 Å². The molecule has 3 rings (SSSR count). The van der Waals surface area contributed by atoms with Gasteiger partial charge in [-0.3, -0.25) is 14.4 Å². The quantitative estimate of drug-likeness (QED) is 0.498. The van der Waals surface area contributed by atoms with E-state index in [1.165, 1.54) is 36.1 Å². The molecule has 1 aromatic rings. The van der Waals surface area contributed by atoms with Gasteiger partial charge in [0, 0.05) is 19.5 Å². The number of aliphatic hydroxyl groups is 1. The monoisotopic (exact) mass is 396 g/mol. The van der Waals surface area contributed by atoms with Gasteiger partial charge < -0.3 is 20.4 Å². The van der Waals surface area contributed by atoms with Crippen molar-refractivity contribution in [3.8, 4) is 0 Å². The number of hydrogen-bond acceptors (Lipinski definition) is 4. The number of carboxylic acid groups (broad SMARTS) is 1. The van der Waals surface area contributed by atoms with E-state index in [1.54, 1.807) is 0 Å². The van der Waals surface area contributed by atoms with Gasteiger partial charge in [0.15, 0.2) is 0 Å². The van der Waals surface area contributed by atoms with Gasteiger partial charge in [-0.1, -0.05) is 37.1 Å². The van der Waals surface area contributed by atoms with Crippen LogP contribution in [0.5, 0.6) is 0 Å². The number of carbonyl (C=O) groups excluding carboxylic acids is 2.